The lowest BCUT2D eigenvalue weighted by molar-refractivity contribution is 0.557. The molecule has 0 unspecified atom stereocenters. The van der Waals surface area contributed by atoms with Gasteiger partial charge in [0.1, 0.15) is 11.2 Å². The zero-order chi connectivity index (χ0) is 24.3. The van der Waals surface area contributed by atoms with Gasteiger partial charge in [0.05, 0.1) is 0 Å². The molecular formula is C32H31BrO. The molecular weight excluding hydrogens is 480 g/mol. The first-order valence-electron chi connectivity index (χ1n) is 11.9. The van der Waals surface area contributed by atoms with Crippen LogP contribution in [0.1, 0.15) is 52.7 Å². The summed E-state index contributed by atoms with van der Waals surface area (Å²) < 4.78 is 7.89. The third kappa shape index (κ3) is 3.88. The second kappa shape index (κ2) is 8.13. The maximum atomic E-state index is 6.80. The fourth-order valence-corrected chi connectivity index (χ4v) is 5.49. The van der Waals surface area contributed by atoms with Crippen LogP contribution in [0.15, 0.2) is 87.8 Å². The van der Waals surface area contributed by atoms with Gasteiger partial charge in [0, 0.05) is 26.4 Å². The highest BCUT2D eigenvalue weighted by molar-refractivity contribution is 9.10. The van der Waals surface area contributed by atoms with E-state index in [1.807, 2.05) is 0 Å². The van der Waals surface area contributed by atoms with Crippen LogP contribution in [0.4, 0.5) is 0 Å². The lowest BCUT2D eigenvalue weighted by atomic mass is 9.82. The molecule has 4 aromatic carbocycles. The van der Waals surface area contributed by atoms with E-state index in [-0.39, 0.29) is 10.8 Å². The molecule has 1 heterocycles. The summed E-state index contributed by atoms with van der Waals surface area (Å²) in [5.74, 6) is 0. The molecule has 0 fully saturated rings. The Bertz CT molecular complexity index is 1490. The molecule has 0 atom stereocenters. The maximum Gasteiger partial charge on any atom is 0.140 e. The van der Waals surface area contributed by atoms with Crippen molar-refractivity contribution >= 4 is 37.9 Å². The molecule has 5 rings (SSSR count). The first-order valence-corrected chi connectivity index (χ1v) is 12.7. The summed E-state index contributed by atoms with van der Waals surface area (Å²) in [6, 6.07) is 28.2. The summed E-state index contributed by atoms with van der Waals surface area (Å²) in [6.45, 7) is 13.6. The molecule has 1 aromatic heterocycles. The van der Waals surface area contributed by atoms with Gasteiger partial charge in [-0.2, -0.15) is 0 Å². The van der Waals surface area contributed by atoms with Crippen LogP contribution in [0.5, 0.6) is 0 Å². The van der Waals surface area contributed by atoms with Crippen molar-refractivity contribution in [3.63, 3.8) is 0 Å². The number of rotatable bonds is 2. The smallest absolute Gasteiger partial charge is 0.140 e. The van der Waals surface area contributed by atoms with Crippen molar-refractivity contribution in [1.82, 2.24) is 0 Å². The minimum absolute atomic E-state index is 0.0620. The van der Waals surface area contributed by atoms with Gasteiger partial charge in [-0.3, -0.25) is 0 Å². The quantitative estimate of drug-likeness (QED) is 0.230. The molecule has 0 aliphatic heterocycles. The predicted octanol–water partition coefficient (Wildman–Crippen LogP) is 10.3. The Morgan fingerprint density at radius 3 is 1.68 bits per heavy atom. The van der Waals surface area contributed by atoms with Gasteiger partial charge >= 0.3 is 0 Å². The van der Waals surface area contributed by atoms with Gasteiger partial charge < -0.3 is 4.42 Å². The maximum absolute atomic E-state index is 6.80. The Labute approximate surface area is 210 Å². The fourth-order valence-electron chi connectivity index (χ4n) is 4.75. The highest BCUT2D eigenvalue weighted by Crippen LogP contribution is 2.47. The highest BCUT2D eigenvalue weighted by atomic mass is 79.9. The van der Waals surface area contributed by atoms with E-state index in [0.29, 0.717) is 0 Å². The molecule has 0 saturated carbocycles. The average Bonchev–Trinajstić information content (AvgIpc) is 3.18. The largest absolute Gasteiger partial charge is 0.455 e. The SMILES string of the molecule is CC(C)(C)c1cc(-c2ccccc2)cc2c1oc1c(C(C)(C)C)cc(-c3ccccc3)c(Br)c12. The van der Waals surface area contributed by atoms with Crippen LogP contribution < -0.4 is 0 Å². The van der Waals surface area contributed by atoms with Gasteiger partial charge in [-0.25, -0.2) is 0 Å². The van der Waals surface area contributed by atoms with Crippen LogP contribution in [-0.4, -0.2) is 0 Å². The van der Waals surface area contributed by atoms with Gasteiger partial charge in [-0.1, -0.05) is 102 Å². The normalized spacial score (nSPS) is 12.6. The molecule has 0 bridgehead atoms. The number of benzene rings is 4. The van der Waals surface area contributed by atoms with Crippen LogP contribution in [-0.2, 0) is 10.8 Å². The van der Waals surface area contributed by atoms with Crippen LogP contribution in [0.2, 0.25) is 0 Å². The number of furan rings is 1. The Balaban J connectivity index is 1.97. The Hall–Kier alpha value is -2.84. The molecule has 0 N–H and O–H groups in total. The lowest BCUT2D eigenvalue weighted by Gasteiger charge is -2.21. The Kier molecular flexibility index (Phi) is 5.48. The van der Waals surface area contributed by atoms with Gasteiger partial charge in [0.2, 0.25) is 0 Å². The molecule has 2 heteroatoms. The molecule has 0 radical (unpaired) electrons. The second-order valence-electron chi connectivity index (χ2n) is 11.2. The number of halogens is 1. The highest BCUT2D eigenvalue weighted by Gasteiger charge is 2.28. The summed E-state index contributed by atoms with van der Waals surface area (Å²) in [5.41, 5.74) is 9.12. The van der Waals surface area contributed by atoms with E-state index in [2.05, 4.69) is 136 Å². The van der Waals surface area contributed by atoms with E-state index in [9.17, 15) is 0 Å². The molecule has 0 amide bonds. The molecule has 5 aromatic rings. The minimum Gasteiger partial charge on any atom is -0.455 e. The van der Waals surface area contributed by atoms with E-state index in [1.165, 1.54) is 33.4 Å². The monoisotopic (exact) mass is 510 g/mol. The van der Waals surface area contributed by atoms with Crippen LogP contribution in [0, 0.1) is 0 Å². The van der Waals surface area contributed by atoms with Crippen molar-refractivity contribution in [2.24, 2.45) is 0 Å². The van der Waals surface area contributed by atoms with Crippen LogP contribution >= 0.6 is 15.9 Å². The topological polar surface area (TPSA) is 13.1 Å². The zero-order valence-electron chi connectivity index (χ0n) is 20.8. The molecule has 172 valence electrons. The summed E-state index contributed by atoms with van der Waals surface area (Å²) >= 11 is 4.02. The second-order valence-corrected chi connectivity index (χ2v) is 12.0. The van der Waals surface area contributed by atoms with Crippen molar-refractivity contribution in [3.05, 3.63) is 94.5 Å². The summed E-state index contributed by atoms with van der Waals surface area (Å²) in [7, 11) is 0. The van der Waals surface area contributed by atoms with E-state index >= 15 is 0 Å². The predicted molar refractivity (Wildman–Crippen MR) is 150 cm³/mol. The third-order valence-corrected chi connectivity index (χ3v) is 7.41. The minimum atomic E-state index is -0.0689. The molecule has 1 nitrogen and oxygen atoms in total. The van der Waals surface area contributed by atoms with Gasteiger partial charge in [0.25, 0.3) is 0 Å². The molecule has 0 spiro atoms. The molecule has 0 saturated heterocycles. The fraction of sp³-hybridized carbons (Fsp3) is 0.250. The Morgan fingerprint density at radius 1 is 0.588 bits per heavy atom. The molecule has 0 aliphatic rings. The third-order valence-electron chi connectivity index (χ3n) is 6.59. The lowest BCUT2D eigenvalue weighted by Crippen LogP contribution is -2.12. The number of hydrogen-bond donors (Lipinski definition) is 0. The first kappa shape index (κ1) is 22.9. The summed E-state index contributed by atoms with van der Waals surface area (Å²) in [4.78, 5) is 0. The number of fused-ring (bicyclic) bond motifs is 3. The summed E-state index contributed by atoms with van der Waals surface area (Å²) in [5, 5.41) is 2.32. The first-order chi connectivity index (χ1) is 16.1. The van der Waals surface area contributed by atoms with Gasteiger partial charge in [-0.15, -0.1) is 0 Å². The van der Waals surface area contributed by atoms with Crippen molar-refractivity contribution < 1.29 is 4.42 Å². The number of hydrogen-bond acceptors (Lipinski definition) is 1. The van der Waals surface area contributed by atoms with Gasteiger partial charge in [0.15, 0.2) is 0 Å². The average molecular weight is 512 g/mol. The van der Waals surface area contributed by atoms with Crippen molar-refractivity contribution in [3.8, 4) is 22.3 Å². The zero-order valence-corrected chi connectivity index (χ0v) is 22.4. The van der Waals surface area contributed by atoms with Crippen molar-refractivity contribution in [2.75, 3.05) is 0 Å². The van der Waals surface area contributed by atoms with Crippen molar-refractivity contribution in [1.29, 1.82) is 0 Å². The van der Waals surface area contributed by atoms with E-state index in [1.54, 1.807) is 0 Å². The van der Waals surface area contributed by atoms with E-state index in [0.717, 1.165) is 26.4 Å². The molecule has 0 aliphatic carbocycles. The summed E-state index contributed by atoms with van der Waals surface area (Å²) in [6.07, 6.45) is 0. The Morgan fingerprint density at radius 2 is 1.12 bits per heavy atom. The van der Waals surface area contributed by atoms with E-state index in [4.69, 9.17) is 4.42 Å². The van der Waals surface area contributed by atoms with E-state index < -0.39 is 0 Å². The van der Waals surface area contributed by atoms with Crippen molar-refractivity contribution in [2.45, 2.75) is 52.4 Å². The van der Waals surface area contributed by atoms with Crippen LogP contribution in [0.25, 0.3) is 44.2 Å². The van der Waals surface area contributed by atoms with Crippen LogP contribution in [0.3, 0.4) is 0 Å². The molecule has 34 heavy (non-hydrogen) atoms. The van der Waals surface area contributed by atoms with Gasteiger partial charge in [-0.05, 0) is 67.2 Å². The standard InChI is InChI=1S/C32H31BrO/c1-31(2,3)25-18-22(20-13-9-7-10-14-20)17-24-27-28(33)23(21-15-11-8-12-16-21)19-26(32(4,5)6)30(27)34-29(24)25/h7-19H,1-6H3.